The fourth-order valence-electron chi connectivity index (χ4n) is 1.60. The number of nitrogen functional groups attached to an aromatic ring is 1. The molecule has 0 atom stereocenters. The van der Waals surface area contributed by atoms with Crippen LogP contribution in [0.5, 0.6) is 0 Å². The van der Waals surface area contributed by atoms with Gasteiger partial charge in [0.25, 0.3) is 0 Å². The van der Waals surface area contributed by atoms with Crippen molar-refractivity contribution in [2.45, 2.75) is 13.0 Å². The number of aryl methyl sites for hydroxylation is 2. The molecule has 16 heavy (non-hydrogen) atoms. The third-order valence-electron chi connectivity index (χ3n) is 2.55. The van der Waals surface area contributed by atoms with E-state index in [0.717, 1.165) is 24.2 Å². The van der Waals surface area contributed by atoms with Crippen molar-refractivity contribution in [3.8, 4) is 0 Å². The van der Waals surface area contributed by atoms with Gasteiger partial charge in [0.1, 0.15) is 0 Å². The molecule has 3 nitrogen and oxygen atoms in total. The Balaban J connectivity index is 2.05. The highest BCUT2D eigenvalue weighted by Crippen LogP contribution is 2.11. The van der Waals surface area contributed by atoms with Crippen molar-refractivity contribution in [3.05, 3.63) is 64.6 Å². The van der Waals surface area contributed by atoms with E-state index in [1.165, 1.54) is 0 Å². The third kappa shape index (κ3) is 2.51. The number of benzene rings is 1. The molecule has 0 saturated carbocycles. The number of rotatable bonds is 3. The molecular weight excluding hydrogens is 200 g/mol. The Morgan fingerprint density at radius 3 is 2.44 bits per heavy atom. The van der Waals surface area contributed by atoms with Crippen LogP contribution in [0.4, 0.5) is 5.69 Å². The molecule has 1 heterocycles. The van der Waals surface area contributed by atoms with Gasteiger partial charge in [-0.05, 0) is 18.1 Å². The van der Waals surface area contributed by atoms with E-state index in [-0.39, 0.29) is 5.43 Å². The maximum absolute atomic E-state index is 10.9. The van der Waals surface area contributed by atoms with E-state index in [2.05, 4.69) is 0 Å². The van der Waals surface area contributed by atoms with Crippen LogP contribution in [0.25, 0.3) is 0 Å². The molecule has 0 aliphatic rings. The molecule has 82 valence electrons. The molecule has 2 aromatic rings. The van der Waals surface area contributed by atoms with Gasteiger partial charge in [-0.1, -0.05) is 18.2 Å². The average molecular weight is 214 g/mol. The van der Waals surface area contributed by atoms with Crippen LogP contribution in [0.1, 0.15) is 5.56 Å². The Labute approximate surface area is 94.1 Å². The van der Waals surface area contributed by atoms with Crippen LogP contribution < -0.4 is 11.2 Å². The van der Waals surface area contributed by atoms with E-state index >= 15 is 0 Å². The quantitative estimate of drug-likeness (QED) is 0.790. The highest BCUT2D eigenvalue weighted by molar-refractivity contribution is 5.46. The summed E-state index contributed by atoms with van der Waals surface area (Å²) >= 11 is 0. The van der Waals surface area contributed by atoms with Crippen LogP contribution >= 0.6 is 0 Å². The molecule has 0 bridgehead atoms. The average Bonchev–Trinajstić information content (AvgIpc) is 2.30. The molecule has 0 amide bonds. The van der Waals surface area contributed by atoms with Crippen LogP contribution in [-0.2, 0) is 13.0 Å². The Hall–Kier alpha value is -2.03. The molecule has 0 aliphatic carbocycles. The van der Waals surface area contributed by atoms with Gasteiger partial charge in [-0.2, -0.15) is 0 Å². The lowest BCUT2D eigenvalue weighted by molar-refractivity contribution is 0.691. The van der Waals surface area contributed by atoms with Gasteiger partial charge in [0.15, 0.2) is 5.43 Å². The Morgan fingerprint density at radius 2 is 1.75 bits per heavy atom. The van der Waals surface area contributed by atoms with Crippen molar-refractivity contribution < 1.29 is 0 Å². The predicted molar refractivity (Wildman–Crippen MR) is 65.3 cm³/mol. The van der Waals surface area contributed by atoms with Crippen molar-refractivity contribution in [3.63, 3.8) is 0 Å². The van der Waals surface area contributed by atoms with Crippen molar-refractivity contribution in [1.29, 1.82) is 0 Å². The number of nitrogens with two attached hydrogens (primary N) is 1. The summed E-state index contributed by atoms with van der Waals surface area (Å²) < 4.78 is 1.98. The monoisotopic (exact) mass is 214 g/mol. The number of nitrogens with zero attached hydrogens (tertiary/aromatic N) is 1. The highest BCUT2D eigenvalue weighted by atomic mass is 16.1. The number of hydrogen-bond donors (Lipinski definition) is 1. The summed E-state index contributed by atoms with van der Waals surface area (Å²) in [6, 6.07) is 11.0. The van der Waals surface area contributed by atoms with Crippen molar-refractivity contribution in [1.82, 2.24) is 4.57 Å². The maximum atomic E-state index is 10.9. The fraction of sp³-hybridized carbons (Fsp3) is 0.154. The molecule has 1 aromatic carbocycles. The first-order valence-corrected chi connectivity index (χ1v) is 5.25. The summed E-state index contributed by atoms with van der Waals surface area (Å²) in [5.74, 6) is 0. The molecular formula is C13H14N2O. The molecule has 0 unspecified atom stereocenters. The predicted octanol–water partition coefficient (Wildman–Crippen LogP) is 1.67. The van der Waals surface area contributed by atoms with E-state index in [9.17, 15) is 4.79 Å². The van der Waals surface area contributed by atoms with Gasteiger partial charge in [0, 0.05) is 36.8 Å². The largest absolute Gasteiger partial charge is 0.399 e. The lowest BCUT2D eigenvalue weighted by Gasteiger charge is -2.07. The van der Waals surface area contributed by atoms with Crippen LogP contribution in [-0.4, -0.2) is 4.57 Å². The molecule has 0 spiro atoms. The third-order valence-corrected chi connectivity index (χ3v) is 2.55. The molecule has 2 rings (SSSR count). The second kappa shape index (κ2) is 4.66. The van der Waals surface area contributed by atoms with Crippen molar-refractivity contribution in [2.75, 3.05) is 5.73 Å². The second-order valence-corrected chi connectivity index (χ2v) is 3.72. The summed E-state index contributed by atoms with van der Waals surface area (Å²) in [4.78, 5) is 10.9. The van der Waals surface area contributed by atoms with Gasteiger partial charge in [0.05, 0.1) is 0 Å². The van der Waals surface area contributed by atoms with Crippen molar-refractivity contribution >= 4 is 5.69 Å². The lowest BCUT2D eigenvalue weighted by atomic mass is 10.1. The molecule has 0 saturated heterocycles. The van der Waals surface area contributed by atoms with Gasteiger partial charge in [-0.15, -0.1) is 0 Å². The van der Waals surface area contributed by atoms with E-state index in [1.54, 1.807) is 24.5 Å². The second-order valence-electron chi connectivity index (χ2n) is 3.72. The molecule has 1 aromatic heterocycles. The number of pyridine rings is 1. The first-order valence-electron chi connectivity index (χ1n) is 5.25. The molecule has 0 fully saturated rings. The Kier molecular flexibility index (Phi) is 3.05. The number of hydrogen-bond acceptors (Lipinski definition) is 2. The van der Waals surface area contributed by atoms with Gasteiger partial charge in [-0.3, -0.25) is 4.79 Å². The zero-order valence-corrected chi connectivity index (χ0v) is 8.97. The summed E-state index contributed by atoms with van der Waals surface area (Å²) in [6.45, 7) is 0.828. The number of aromatic nitrogens is 1. The Morgan fingerprint density at radius 1 is 1.06 bits per heavy atom. The first kappa shape index (κ1) is 10.5. The topological polar surface area (TPSA) is 48.0 Å². The van der Waals surface area contributed by atoms with E-state index in [0.29, 0.717) is 0 Å². The summed E-state index contributed by atoms with van der Waals surface area (Å²) in [5, 5.41) is 0. The molecule has 2 N–H and O–H groups in total. The molecule has 3 heteroatoms. The van der Waals surface area contributed by atoms with Crippen LogP contribution in [0, 0.1) is 0 Å². The molecule has 0 aliphatic heterocycles. The summed E-state index contributed by atoms with van der Waals surface area (Å²) in [5.41, 5.74) is 7.85. The van der Waals surface area contributed by atoms with Crippen LogP contribution in [0.2, 0.25) is 0 Å². The molecule has 0 radical (unpaired) electrons. The van der Waals surface area contributed by atoms with Gasteiger partial charge in [-0.25, -0.2) is 0 Å². The minimum atomic E-state index is 0.0375. The summed E-state index contributed by atoms with van der Waals surface area (Å²) in [6.07, 6.45) is 4.46. The number of para-hydroxylation sites is 1. The van der Waals surface area contributed by atoms with Gasteiger partial charge >= 0.3 is 0 Å². The minimum absolute atomic E-state index is 0.0375. The van der Waals surface area contributed by atoms with Crippen LogP contribution in [0.3, 0.4) is 0 Å². The summed E-state index contributed by atoms with van der Waals surface area (Å²) in [7, 11) is 0. The zero-order valence-electron chi connectivity index (χ0n) is 8.97. The lowest BCUT2D eigenvalue weighted by Crippen LogP contribution is -2.06. The standard InChI is InChI=1S/C13H14N2O/c14-13-4-2-1-3-11(13)5-8-15-9-6-12(16)7-10-15/h1-4,6-7,9-10H,5,8,14H2. The van der Waals surface area contributed by atoms with E-state index in [4.69, 9.17) is 5.73 Å². The SMILES string of the molecule is Nc1ccccc1CCn1ccc(=O)cc1. The number of anilines is 1. The van der Waals surface area contributed by atoms with Gasteiger partial charge in [0.2, 0.25) is 0 Å². The van der Waals surface area contributed by atoms with Gasteiger partial charge < -0.3 is 10.3 Å². The van der Waals surface area contributed by atoms with E-state index < -0.39 is 0 Å². The fourth-order valence-corrected chi connectivity index (χ4v) is 1.60. The normalized spacial score (nSPS) is 10.2. The maximum Gasteiger partial charge on any atom is 0.181 e. The Bertz CT molecular complexity index is 511. The van der Waals surface area contributed by atoms with E-state index in [1.807, 2.05) is 28.8 Å². The zero-order chi connectivity index (χ0) is 11.4. The minimum Gasteiger partial charge on any atom is -0.399 e. The van der Waals surface area contributed by atoms with Crippen LogP contribution in [0.15, 0.2) is 53.6 Å². The van der Waals surface area contributed by atoms with Crippen molar-refractivity contribution in [2.24, 2.45) is 0 Å². The highest BCUT2D eigenvalue weighted by Gasteiger charge is 1.97. The first-order chi connectivity index (χ1) is 7.75. The smallest absolute Gasteiger partial charge is 0.181 e.